The van der Waals surface area contributed by atoms with Crippen LogP contribution in [0.15, 0.2) is 58.5 Å². The van der Waals surface area contributed by atoms with E-state index in [1.807, 2.05) is 31.4 Å². The summed E-state index contributed by atoms with van der Waals surface area (Å²) < 4.78 is 5.49. The Morgan fingerprint density at radius 2 is 2.23 bits per heavy atom. The van der Waals surface area contributed by atoms with E-state index in [-0.39, 0.29) is 11.7 Å². The molecule has 0 fully saturated rings. The van der Waals surface area contributed by atoms with Crippen LogP contribution < -0.4 is 5.32 Å². The van der Waals surface area contributed by atoms with Crippen LogP contribution in [0.2, 0.25) is 0 Å². The summed E-state index contributed by atoms with van der Waals surface area (Å²) in [6, 6.07) is 0.329. The Labute approximate surface area is 160 Å². The normalized spacial score (nSPS) is 14.8. The van der Waals surface area contributed by atoms with Crippen molar-refractivity contribution >= 4 is 22.7 Å². The number of aliphatic hydroxyl groups is 1. The van der Waals surface area contributed by atoms with Gasteiger partial charge in [0, 0.05) is 17.5 Å². The maximum atomic E-state index is 10.00. The smallest absolute Gasteiger partial charge is 0.183 e. The minimum atomic E-state index is -0.313. The van der Waals surface area contributed by atoms with Gasteiger partial charge in [0.1, 0.15) is 0 Å². The van der Waals surface area contributed by atoms with Crippen LogP contribution in [0.5, 0.6) is 0 Å². The third-order valence-corrected chi connectivity index (χ3v) is 4.04. The summed E-state index contributed by atoms with van der Waals surface area (Å²) in [7, 11) is 0. The molecule has 1 unspecified atom stereocenters. The maximum Gasteiger partial charge on any atom is 0.183 e. The third kappa shape index (κ3) is 7.70. The number of hydrogen-bond acceptors (Lipinski definition) is 6. The average molecular weight is 376 g/mol. The summed E-state index contributed by atoms with van der Waals surface area (Å²) >= 11 is 1.54. The summed E-state index contributed by atoms with van der Waals surface area (Å²) in [5, 5.41) is 16.1. The van der Waals surface area contributed by atoms with Gasteiger partial charge in [-0.25, -0.2) is 4.98 Å². The number of aliphatic hydroxyl groups excluding tert-OH is 1. The van der Waals surface area contributed by atoms with Gasteiger partial charge in [0.2, 0.25) is 0 Å². The summed E-state index contributed by atoms with van der Waals surface area (Å²) in [5.74, 6) is 0.665. The van der Waals surface area contributed by atoms with Crippen LogP contribution in [0, 0.1) is 5.92 Å². The molecule has 0 bridgehead atoms. The van der Waals surface area contributed by atoms with Gasteiger partial charge in [-0.3, -0.25) is 4.99 Å². The lowest BCUT2D eigenvalue weighted by molar-refractivity contribution is 0.231. The van der Waals surface area contributed by atoms with Crippen LogP contribution in [0.3, 0.4) is 0 Å². The van der Waals surface area contributed by atoms with Crippen molar-refractivity contribution in [1.29, 1.82) is 0 Å². The summed E-state index contributed by atoms with van der Waals surface area (Å²) in [5.41, 5.74) is 1.44. The first kappa shape index (κ1) is 21.7. The molecule has 1 rings (SSSR count). The first-order chi connectivity index (χ1) is 12.4. The largest absolute Gasteiger partial charge is 0.512 e. The van der Waals surface area contributed by atoms with Gasteiger partial charge >= 0.3 is 0 Å². The van der Waals surface area contributed by atoms with Crippen LogP contribution in [0.1, 0.15) is 40.3 Å². The maximum absolute atomic E-state index is 10.00. The Hall–Kier alpha value is -2.34. The predicted molar refractivity (Wildman–Crippen MR) is 112 cm³/mol. The molecule has 1 aromatic heterocycles. The fourth-order valence-electron chi connectivity index (χ4n) is 2.06. The molecule has 0 aliphatic rings. The zero-order chi connectivity index (χ0) is 19.5. The Morgan fingerprint density at radius 3 is 2.81 bits per heavy atom. The number of aliphatic imine (C=N–C) groups is 1. The van der Waals surface area contributed by atoms with Crippen molar-refractivity contribution in [2.45, 2.75) is 40.7 Å². The molecule has 26 heavy (non-hydrogen) atoms. The quantitative estimate of drug-likeness (QED) is 0.246. The topological polar surface area (TPSA) is 66.7 Å². The van der Waals surface area contributed by atoms with E-state index in [9.17, 15) is 5.11 Å². The minimum absolute atomic E-state index is 0.229. The average Bonchev–Trinajstić information content (AvgIpc) is 3.03. The lowest BCUT2D eigenvalue weighted by Gasteiger charge is -2.08. The van der Waals surface area contributed by atoms with E-state index in [0.717, 1.165) is 16.6 Å². The van der Waals surface area contributed by atoms with Gasteiger partial charge in [0.25, 0.3) is 0 Å². The number of hydrogen-bond donors (Lipinski definition) is 2. The van der Waals surface area contributed by atoms with E-state index in [1.165, 1.54) is 0 Å². The molecule has 0 saturated carbocycles. The molecule has 1 atom stereocenters. The fraction of sp³-hybridized carbons (Fsp3) is 0.400. The van der Waals surface area contributed by atoms with E-state index in [4.69, 9.17) is 4.74 Å². The van der Waals surface area contributed by atoms with Gasteiger partial charge in [0.05, 0.1) is 41.6 Å². The SMILES string of the molecule is C=CC(C=C(/C=C(\C)OCC)N=Cc1csc(NC(C)C)n1)/C(O)=C\C. The molecular weight excluding hydrogens is 346 g/mol. The van der Waals surface area contributed by atoms with Gasteiger partial charge in [-0.1, -0.05) is 6.08 Å². The standard InChI is InChI=1S/C20H29N3O2S/c1-7-16(19(24)8-2)11-17(10-15(6)25-9-3)21-12-18-13-26-20(23-18)22-14(4)5/h7-8,10-14,16,24H,1,9H2,2-6H3,(H,22,23)/b15-10+,17-11?,19-8+,21-12?. The molecule has 0 radical (unpaired) electrons. The molecular formula is C20H29N3O2S. The molecule has 0 spiro atoms. The first-order valence-corrected chi connectivity index (χ1v) is 9.54. The molecule has 0 aromatic carbocycles. The van der Waals surface area contributed by atoms with Gasteiger partial charge < -0.3 is 15.2 Å². The van der Waals surface area contributed by atoms with E-state index in [2.05, 4.69) is 35.7 Å². The molecule has 1 heterocycles. The lowest BCUT2D eigenvalue weighted by Crippen LogP contribution is -2.09. The zero-order valence-corrected chi connectivity index (χ0v) is 17.0. The van der Waals surface area contributed by atoms with Crippen LogP contribution in [0.25, 0.3) is 0 Å². The molecule has 0 aliphatic heterocycles. The molecule has 2 N–H and O–H groups in total. The highest BCUT2D eigenvalue weighted by molar-refractivity contribution is 7.13. The molecule has 142 valence electrons. The summed E-state index contributed by atoms with van der Waals surface area (Å²) in [4.78, 5) is 9.01. The number of aromatic nitrogens is 1. The number of rotatable bonds is 10. The second-order valence-corrected chi connectivity index (χ2v) is 6.75. The van der Waals surface area contributed by atoms with Crippen molar-refractivity contribution in [3.63, 3.8) is 0 Å². The lowest BCUT2D eigenvalue weighted by atomic mass is 10.1. The number of nitrogens with one attached hydrogen (secondary N) is 1. The molecule has 5 nitrogen and oxygen atoms in total. The van der Waals surface area contributed by atoms with Crippen molar-refractivity contribution in [2.75, 3.05) is 11.9 Å². The Balaban J connectivity index is 3.10. The van der Waals surface area contributed by atoms with Crippen molar-refractivity contribution in [3.05, 3.63) is 59.2 Å². The van der Waals surface area contributed by atoms with Gasteiger partial charge in [-0.2, -0.15) is 0 Å². The molecule has 0 aliphatic carbocycles. The highest BCUT2D eigenvalue weighted by atomic mass is 32.1. The van der Waals surface area contributed by atoms with Crippen molar-refractivity contribution in [1.82, 2.24) is 4.98 Å². The second kappa shape index (κ2) is 11.3. The molecule has 1 aromatic rings. The third-order valence-electron chi connectivity index (χ3n) is 3.24. The number of anilines is 1. The fourth-order valence-corrected chi connectivity index (χ4v) is 2.86. The van der Waals surface area contributed by atoms with E-state index < -0.39 is 0 Å². The Kier molecular flexibility index (Phi) is 9.44. The monoisotopic (exact) mass is 375 g/mol. The van der Waals surface area contributed by atoms with E-state index in [1.54, 1.807) is 36.6 Å². The van der Waals surface area contributed by atoms with Gasteiger partial charge in [-0.15, -0.1) is 17.9 Å². The highest BCUT2D eigenvalue weighted by Gasteiger charge is 2.07. The highest BCUT2D eigenvalue weighted by Crippen LogP contribution is 2.18. The second-order valence-electron chi connectivity index (χ2n) is 5.89. The number of allylic oxidation sites excluding steroid dienone is 4. The molecule has 6 heteroatoms. The predicted octanol–water partition coefficient (Wildman–Crippen LogP) is 5.47. The van der Waals surface area contributed by atoms with Crippen LogP contribution in [0.4, 0.5) is 5.13 Å². The van der Waals surface area contributed by atoms with E-state index >= 15 is 0 Å². The molecule has 0 saturated heterocycles. The zero-order valence-electron chi connectivity index (χ0n) is 16.2. The Bertz CT molecular complexity index is 700. The number of nitrogens with zero attached hydrogens (tertiary/aromatic N) is 2. The first-order valence-electron chi connectivity index (χ1n) is 8.66. The van der Waals surface area contributed by atoms with E-state index in [0.29, 0.717) is 18.3 Å². The van der Waals surface area contributed by atoms with Crippen molar-refractivity contribution in [3.8, 4) is 0 Å². The van der Waals surface area contributed by atoms with Crippen molar-refractivity contribution in [2.24, 2.45) is 10.9 Å². The minimum Gasteiger partial charge on any atom is -0.512 e. The van der Waals surface area contributed by atoms with Gasteiger partial charge in [0.15, 0.2) is 5.13 Å². The summed E-state index contributed by atoms with van der Waals surface area (Å²) in [6.07, 6.45) is 8.69. The summed E-state index contributed by atoms with van der Waals surface area (Å²) in [6.45, 7) is 14.1. The number of ether oxygens (including phenoxy) is 1. The number of thiazole rings is 1. The van der Waals surface area contributed by atoms with Crippen molar-refractivity contribution < 1.29 is 9.84 Å². The van der Waals surface area contributed by atoms with Crippen LogP contribution in [-0.2, 0) is 4.74 Å². The van der Waals surface area contributed by atoms with Crippen LogP contribution in [-0.4, -0.2) is 29.0 Å². The Morgan fingerprint density at radius 1 is 1.50 bits per heavy atom. The molecule has 0 amide bonds. The van der Waals surface area contributed by atoms with Gasteiger partial charge in [-0.05, 0) is 46.8 Å². The van der Waals surface area contributed by atoms with Crippen LogP contribution >= 0.6 is 11.3 Å².